The maximum atomic E-state index is 12.4. The Morgan fingerprint density at radius 3 is 2.89 bits per heavy atom. The third-order valence-corrected chi connectivity index (χ3v) is 3.61. The number of carbonyl (C=O) groups is 1. The molecule has 0 aromatic heterocycles. The second-order valence-electron chi connectivity index (χ2n) is 4.99. The Morgan fingerprint density at radius 2 is 2.32 bits per heavy atom. The van der Waals surface area contributed by atoms with Crippen molar-refractivity contribution < 1.29 is 9.53 Å². The maximum absolute atomic E-state index is 12.4. The first kappa shape index (κ1) is 13.9. The van der Waals surface area contributed by atoms with E-state index in [1.807, 2.05) is 32.2 Å². The van der Waals surface area contributed by atoms with E-state index >= 15 is 0 Å². The van der Waals surface area contributed by atoms with Crippen molar-refractivity contribution in [1.82, 2.24) is 4.90 Å². The van der Waals surface area contributed by atoms with E-state index in [0.29, 0.717) is 6.61 Å². The minimum absolute atomic E-state index is 0.0710. The summed E-state index contributed by atoms with van der Waals surface area (Å²) in [5, 5.41) is 3.28. The molecule has 1 aliphatic heterocycles. The molecule has 0 radical (unpaired) electrons. The van der Waals surface area contributed by atoms with E-state index in [-0.39, 0.29) is 11.9 Å². The number of rotatable bonds is 4. The standard InChI is InChI=1S/C15H22N2O2/c1-4-16-14-6-5-12(9-11(14)2)15(18)17(3)13-7-8-19-10-13/h5-6,9,13,16H,4,7-8,10H2,1-3H3. The molecular formula is C15H22N2O2. The van der Waals surface area contributed by atoms with Crippen molar-refractivity contribution in [3.05, 3.63) is 29.3 Å². The largest absolute Gasteiger partial charge is 0.385 e. The minimum atomic E-state index is 0.0710. The molecule has 0 bridgehead atoms. The molecule has 1 fully saturated rings. The van der Waals surface area contributed by atoms with Crippen LogP contribution in [-0.2, 0) is 4.74 Å². The van der Waals surface area contributed by atoms with Gasteiger partial charge in [-0.1, -0.05) is 0 Å². The Morgan fingerprint density at radius 1 is 1.53 bits per heavy atom. The Balaban J connectivity index is 2.12. The minimum Gasteiger partial charge on any atom is -0.385 e. The summed E-state index contributed by atoms with van der Waals surface area (Å²) in [6.07, 6.45) is 0.927. The first-order valence-electron chi connectivity index (χ1n) is 6.83. The van der Waals surface area contributed by atoms with Gasteiger partial charge in [0.15, 0.2) is 0 Å². The van der Waals surface area contributed by atoms with Crippen LogP contribution in [0.25, 0.3) is 0 Å². The fourth-order valence-corrected chi connectivity index (χ4v) is 2.38. The van der Waals surface area contributed by atoms with E-state index in [0.717, 1.165) is 36.4 Å². The summed E-state index contributed by atoms with van der Waals surface area (Å²) >= 11 is 0. The highest BCUT2D eigenvalue weighted by Crippen LogP contribution is 2.19. The van der Waals surface area contributed by atoms with Crippen molar-refractivity contribution in [3.63, 3.8) is 0 Å². The summed E-state index contributed by atoms with van der Waals surface area (Å²) in [6.45, 7) is 6.37. The van der Waals surface area contributed by atoms with Crippen LogP contribution in [0.1, 0.15) is 29.3 Å². The molecule has 1 aromatic carbocycles. The summed E-state index contributed by atoms with van der Waals surface area (Å²) in [5.74, 6) is 0.0710. The molecule has 1 N–H and O–H groups in total. The molecule has 1 aromatic rings. The van der Waals surface area contributed by atoms with Crippen LogP contribution in [-0.4, -0.2) is 43.7 Å². The van der Waals surface area contributed by atoms with E-state index in [2.05, 4.69) is 12.2 Å². The monoisotopic (exact) mass is 262 g/mol. The first-order chi connectivity index (χ1) is 9.13. The molecule has 2 rings (SSSR count). The fourth-order valence-electron chi connectivity index (χ4n) is 2.38. The van der Waals surface area contributed by atoms with Gasteiger partial charge in [0.05, 0.1) is 12.6 Å². The Hall–Kier alpha value is -1.55. The van der Waals surface area contributed by atoms with Crippen LogP contribution < -0.4 is 5.32 Å². The molecule has 1 unspecified atom stereocenters. The average molecular weight is 262 g/mol. The van der Waals surface area contributed by atoms with E-state index in [1.54, 1.807) is 4.90 Å². The molecule has 4 heteroatoms. The lowest BCUT2D eigenvalue weighted by Gasteiger charge is -2.23. The molecule has 1 saturated heterocycles. The number of hydrogen-bond acceptors (Lipinski definition) is 3. The van der Waals surface area contributed by atoms with E-state index in [4.69, 9.17) is 4.74 Å². The fraction of sp³-hybridized carbons (Fsp3) is 0.533. The number of ether oxygens (including phenoxy) is 1. The van der Waals surface area contributed by atoms with Gasteiger partial charge in [-0.15, -0.1) is 0 Å². The molecule has 1 amide bonds. The molecule has 1 aliphatic rings. The second-order valence-corrected chi connectivity index (χ2v) is 4.99. The van der Waals surface area contributed by atoms with Crippen LogP contribution in [0.15, 0.2) is 18.2 Å². The predicted molar refractivity (Wildman–Crippen MR) is 76.7 cm³/mol. The highest BCUT2D eigenvalue weighted by atomic mass is 16.5. The van der Waals surface area contributed by atoms with E-state index in [9.17, 15) is 4.79 Å². The van der Waals surface area contributed by atoms with Gasteiger partial charge in [-0.3, -0.25) is 4.79 Å². The van der Waals surface area contributed by atoms with Crippen LogP contribution >= 0.6 is 0 Å². The zero-order chi connectivity index (χ0) is 13.8. The van der Waals surface area contributed by atoms with Crippen LogP contribution in [0.3, 0.4) is 0 Å². The number of nitrogens with zero attached hydrogens (tertiary/aromatic N) is 1. The summed E-state index contributed by atoms with van der Waals surface area (Å²) < 4.78 is 5.34. The van der Waals surface area contributed by atoms with Gasteiger partial charge in [-0.25, -0.2) is 0 Å². The number of nitrogens with one attached hydrogen (secondary N) is 1. The van der Waals surface area contributed by atoms with Crippen molar-refractivity contribution in [2.24, 2.45) is 0 Å². The molecule has 0 spiro atoms. The summed E-state index contributed by atoms with van der Waals surface area (Å²) in [6, 6.07) is 6.03. The molecule has 4 nitrogen and oxygen atoms in total. The third-order valence-electron chi connectivity index (χ3n) is 3.61. The number of benzene rings is 1. The number of carbonyl (C=O) groups excluding carboxylic acids is 1. The number of hydrogen-bond donors (Lipinski definition) is 1. The number of aryl methyl sites for hydroxylation is 1. The summed E-state index contributed by atoms with van der Waals surface area (Å²) in [4.78, 5) is 14.2. The second kappa shape index (κ2) is 6.06. The Kier molecular flexibility index (Phi) is 4.43. The van der Waals surface area contributed by atoms with Gasteiger partial charge in [0.2, 0.25) is 0 Å². The van der Waals surface area contributed by atoms with Crippen LogP contribution in [0.4, 0.5) is 5.69 Å². The summed E-state index contributed by atoms with van der Waals surface area (Å²) in [7, 11) is 1.86. The SMILES string of the molecule is CCNc1ccc(C(=O)N(C)C2CCOC2)cc1C. The Labute approximate surface area is 114 Å². The van der Waals surface area contributed by atoms with Crippen molar-refractivity contribution in [3.8, 4) is 0 Å². The van der Waals surface area contributed by atoms with Crippen molar-refractivity contribution in [1.29, 1.82) is 0 Å². The van der Waals surface area contributed by atoms with Gasteiger partial charge in [-0.2, -0.15) is 0 Å². The van der Waals surface area contributed by atoms with Crippen molar-refractivity contribution in [2.75, 3.05) is 32.1 Å². The molecular weight excluding hydrogens is 240 g/mol. The van der Waals surface area contributed by atoms with Crippen LogP contribution in [0, 0.1) is 6.92 Å². The van der Waals surface area contributed by atoms with Gasteiger partial charge >= 0.3 is 0 Å². The predicted octanol–water partition coefficient (Wildman–Crippen LogP) is 2.29. The van der Waals surface area contributed by atoms with Crippen molar-refractivity contribution >= 4 is 11.6 Å². The molecule has 0 aliphatic carbocycles. The first-order valence-corrected chi connectivity index (χ1v) is 6.83. The molecule has 19 heavy (non-hydrogen) atoms. The van der Waals surface area contributed by atoms with Gasteiger partial charge in [-0.05, 0) is 44.0 Å². The van der Waals surface area contributed by atoms with Crippen LogP contribution in [0.5, 0.6) is 0 Å². The lowest BCUT2D eigenvalue weighted by molar-refractivity contribution is 0.0711. The molecule has 1 atom stereocenters. The number of likely N-dealkylation sites (N-methyl/N-ethyl adjacent to an activating group) is 1. The van der Waals surface area contributed by atoms with Crippen LogP contribution in [0.2, 0.25) is 0 Å². The highest BCUT2D eigenvalue weighted by molar-refractivity contribution is 5.95. The lowest BCUT2D eigenvalue weighted by Crippen LogP contribution is -2.37. The van der Waals surface area contributed by atoms with Gasteiger partial charge in [0, 0.05) is 31.5 Å². The zero-order valence-corrected chi connectivity index (χ0v) is 11.9. The summed E-state index contributed by atoms with van der Waals surface area (Å²) in [5.41, 5.74) is 2.93. The van der Waals surface area contributed by atoms with E-state index < -0.39 is 0 Å². The molecule has 0 saturated carbocycles. The molecule has 1 heterocycles. The quantitative estimate of drug-likeness (QED) is 0.905. The topological polar surface area (TPSA) is 41.6 Å². The third kappa shape index (κ3) is 3.07. The highest BCUT2D eigenvalue weighted by Gasteiger charge is 2.25. The van der Waals surface area contributed by atoms with Gasteiger partial charge < -0.3 is 15.0 Å². The van der Waals surface area contributed by atoms with Gasteiger partial charge in [0.25, 0.3) is 5.91 Å². The smallest absolute Gasteiger partial charge is 0.253 e. The Bertz CT molecular complexity index is 453. The van der Waals surface area contributed by atoms with Gasteiger partial charge in [0.1, 0.15) is 0 Å². The molecule has 104 valence electrons. The van der Waals surface area contributed by atoms with Crippen molar-refractivity contribution in [2.45, 2.75) is 26.3 Å². The zero-order valence-electron chi connectivity index (χ0n) is 11.9. The average Bonchev–Trinajstić information content (AvgIpc) is 2.93. The van der Waals surface area contributed by atoms with E-state index in [1.165, 1.54) is 0 Å². The number of anilines is 1. The lowest BCUT2D eigenvalue weighted by atomic mass is 10.1. The number of amides is 1. The maximum Gasteiger partial charge on any atom is 0.253 e. The normalized spacial score (nSPS) is 18.4.